The van der Waals surface area contributed by atoms with Gasteiger partial charge in [0.2, 0.25) is 0 Å². The lowest BCUT2D eigenvalue weighted by molar-refractivity contribution is -0.122. The number of carbonyl (C=O) groups excluding carboxylic acids is 3. The molecule has 0 spiro atoms. The molecule has 0 aromatic carbocycles. The molecule has 4 heteroatoms. The van der Waals surface area contributed by atoms with E-state index >= 15 is 0 Å². The van der Waals surface area contributed by atoms with E-state index in [1.54, 1.807) is 13.8 Å². The van der Waals surface area contributed by atoms with Crippen LogP contribution >= 0.6 is 0 Å². The molecule has 0 aromatic rings. The number of hydrogen-bond acceptors (Lipinski definition) is 4. The Morgan fingerprint density at radius 2 is 1.19 bits per heavy atom. The average molecular weight is 230 g/mol. The topological polar surface area (TPSA) is 71.4 Å². The van der Waals surface area contributed by atoms with Crippen LogP contribution in [0, 0.1) is 0 Å². The molecule has 0 radical (unpaired) electrons. The first kappa shape index (κ1) is 17.4. The number of carbonyl (C=O) groups is 3. The SMILES string of the molecule is CC(=O)CC(C)(C)O.CC(=O)CCC(C)=O. The zero-order chi connectivity index (χ0) is 13.4. The zero-order valence-electron chi connectivity index (χ0n) is 10.8. The number of ketones is 3. The normalized spacial score (nSPS) is 10.1. The van der Waals surface area contributed by atoms with Crippen LogP contribution in [0.4, 0.5) is 0 Å². The van der Waals surface area contributed by atoms with Gasteiger partial charge in [-0.3, -0.25) is 4.79 Å². The first-order valence-corrected chi connectivity index (χ1v) is 5.25. The summed E-state index contributed by atoms with van der Waals surface area (Å²) in [6, 6.07) is 0. The molecule has 0 aliphatic carbocycles. The molecule has 16 heavy (non-hydrogen) atoms. The first-order valence-electron chi connectivity index (χ1n) is 5.25. The fourth-order valence-electron chi connectivity index (χ4n) is 0.961. The van der Waals surface area contributed by atoms with Gasteiger partial charge in [-0.25, -0.2) is 0 Å². The molecule has 0 aliphatic rings. The van der Waals surface area contributed by atoms with Crippen LogP contribution in [0.5, 0.6) is 0 Å². The second-order valence-corrected chi connectivity index (χ2v) is 4.60. The predicted molar refractivity (Wildman–Crippen MR) is 62.2 cm³/mol. The van der Waals surface area contributed by atoms with E-state index in [1.807, 2.05) is 0 Å². The minimum atomic E-state index is -0.828. The molecular weight excluding hydrogens is 208 g/mol. The minimum absolute atomic E-state index is 0.0255. The van der Waals surface area contributed by atoms with Crippen LogP contribution in [0.2, 0.25) is 0 Å². The zero-order valence-corrected chi connectivity index (χ0v) is 10.8. The number of Topliss-reactive ketones (excluding diaryl/α,β-unsaturated/α-hetero) is 3. The Morgan fingerprint density at radius 3 is 1.25 bits per heavy atom. The van der Waals surface area contributed by atoms with Crippen LogP contribution in [-0.2, 0) is 14.4 Å². The Kier molecular flexibility index (Phi) is 8.86. The van der Waals surface area contributed by atoms with Gasteiger partial charge in [0.25, 0.3) is 0 Å². The van der Waals surface area contributed by atoms with Crippen molar-refractivity contribution in [1.82, 2.24) is 0 Å². The third kappa shape index (κ3) is 23.1. The van der Waals surface area contributed by atoms with Gasteiger partial charge < -0.3 is 14.7 Å². The Morgan fingerprint density at radius 1 is 0.875 bits per heavy atom. The van der Waals surface area contributed by atoms with Crippen molar-refractivity contribution in [3.63, 3.8) is 0 Å². The van der Waals surface area contributed by atoms with Gasteiger partial charge in [0.05, 0.1) is 5.60 Å². The lowest BCUT2D eigenvalue weighted by atomic mass is 10.0. The Bertz CT molecular complexity index is 234. The monoisotopic (exact) mass is 230 g/mol. The van der Waals surface area contributed by atoms with E-state index in [-0.39, 0.29) is 23.8 Å². The van der Waals surface area contributed by atoms with Crippen molar-refractivity contribution in [3.8, 4) is 0 Å². The predicted octanol–water partition coefficient (Wildman–Crippen LogP) is 1.68. The number of hydrogen-bond donors (Lipinski definition) is 1. The van der Waals surface area contributed by atoms with Gasteiger partial charge in [0, 0.05) is 19.3 Å². The van der Waals surface area contributed by atoms with Gasteiger partial charge in [0.1, 0.15) is 17.3 Å². The van der Waals surface area contributed by atoms with Gasteiger partial charge in [-0.2, -0.15) is 0 Å². The fraction of sp³-hybridized carbons (Fsp3) is 0.750. The van der Waals surface area contributed by atoms with Gasteiger partial charge >= 0.3 is 0 Å². The molecule has 0 aromatic heterocycles. The van der Waals surface area contributed by atoms with Crippen LogP contribution in [0.25, 0.3) is 0 Å². The molecule has 0 rings (SSSR count). The molecule has 0 fully saturated rings. The summed E-state index contributed by atoms with van der Waals surface area (Å²) in [7, 11) is 0. The van der Waals surface area contributed by atoms with Crippen LogP contribution in [0.1, 0.15) is 53.9 Å². The summed E-state index contributed by atoms with van der Waals surface area (Å²) >= 11 is 0. The third-order valence-electron chi connectivity index (χ3n) is 1.51. The average Bonchev–Trinajstić information content (AvgIpc) is 1.96. The summed E-state index contributed by atoms with van der Waals surface area (Å²) in [5, 5.41) is 8.97. The Labute approximate surface area is 97.0 Å². The van der Waals surface area contributed by atoms with E-state index in [1.165, 1.54) is 20.8 Å². The maximum atomic E-state index is 10.3. The van der Waals surface area contributed by atoms with Crippen molar-refractivity contribution in [2.75, 3.05) is 0 Å². The molecule has 1 N–H and O–H groups in total. The Hall–Kier alpha value is -1.03. The highest BCUT2D eigenvalue weighted by molar-refractivity contribution is 5.83. The first-order chi connectivity index (χ1) is 7.04. The standard InChI is InChI=1S/C6H12O2.C6H10O2/c1-5(7)4-6(2,3)8;1-5(7)3-4-6(2)8/h8H,4H2,1-3H3;3-4H2,1-2H3. The fourth-order valence-corrected chi connectivity index (χ4v) is 0.961. The van der Waals surface area contributed by atoms with Crippen LogP contribution in [0.3, 0.4) is 0 Å². The molecule has 0 unspecified atom stereocenters. The van der Waals surface area contributed by atoms with Crippen molar-refractivity contribution < 1.29 is 19.5 Å². The maximum absolute atomic E-state index is 10.3. The largest absolute Gasteiger partial charge is 0.390 e. The molecule has 94 valence electrons. The smallest absolute Gasteiger partial charge is 0.132 e. The lowest BCUT2D eigenvalue weighted by Crippen LogP contribution is -2.21. The summed E-state index contributed by atoms with van der Waals surface area (Å²) in [5.41, 5.74) is -0.828. The number of rotatable bonds is 5. The van der Waals surface area contributed by atoms with Crippen LogP contribution < -0.4 is 0 Å². The molecule has 0 atom stereocenters. The lowest BCUT2D eigenvalue weighted by Gasteiger charge is -2.13. The van der Waals surface area contributed by atoms with E-state index in [9.17, 15) is 14.4 Å². The summed E-state index contributed by atoms with van der Waals surface area (Å²) in [4.78, 5) is 30.7. The van der Waals surface area contributed by atoms with Crippen molar-refractivity contribution >= 4 is 17.3 Å². The highest BCUT2D eigenvalue weighted by Gasteiger charge is 2.13. The second kappa shape index (κ2) is 8.16. The highest BCUT2D eigenvalue weighted by atomic mass is 16.3. The maximum Gasteiger partial charge on any atom is 0.132 e. The van der Waals surface area contributed by atoms with Gasteiger partial charge in [-0.1, -0.05) is 0 Å². The van der Waals surface area contributed by atoms with Crippen molar-refractivity contribution in [3.05, 3.63) is 0 Å². The molecule has 0 saturated heterocycles. The van der Waals surface area contributed by atoms with Gasteiger partial charge in [-0.15, -0.1) is 0 Å². The molecule has 0 amide bonds. The van der Waals surface area contributed by atoms with E-state index < -0.39 is 5.60 Å². The molecule has 0 saturated carbocycles. The molecule has 0 bridgehead atoms. The molecule has 0 heterocycles. The quantitative estimate of drug-likeness (QED) is 0.780. The summed E-state index contributed by atoms with van der Waals surface area (Å²) in [6.45, 7) is 7.69. The van der Waals surface area contributed by atoms with Crippen LogP contribution in [-0.4, -0.2) is 28.1 Å². The minimum Gasteiger partial charge on any atom is -0.390 e. The van der Waals surface area contributed by atoms with E-state index in [0.717, 1.165) is 0 Å². The summed E-state index contributed by atoms with van der Waals surface area (Å²) in [6.07, 6.45) is 1.04. The van der Waals surface area contributed by atoms with E-state index in [2.05, 4.69) is 0 Å². The summed E-state index contributed by atoms with van der Waals surface area (Å²) in [5.74, 6) is 0.193. The van der Waals surface area contributed by atoms with E-state index in [4.69, 9.17) is 5.11 Å². The highest BCUT2D eigenvalue weighted by Crippen LogP contribution is 2.06. The number of aliphatic hydroxyl groups is 1. The Balaban J connectivity index is 0. The molecule has 4 nitrogen and oxygen atoms in total. The van der Waals surface area contributed by atoms with Gasteiger partial charge in [0.15, 0.2) is 0 Å². The molecule has 0 aliphatic heterocycles. The van der Waals surface area contributed by atoms with E-state index in [0.29, 0.717) is 12.8 Å². The summed E-state index contributed by atoms with van der Waals surface area (Å²) < 4.78 is 0. The van der Waals surface area contributed by atoms with Crippen molar-refractivity contribution in [1.29, 1.82) is 0 Å². The molecular formula is C12H22O4. The van der Waals surface area contributed by atoms with Crippen molar-refractivity contribution in [2.45, 2.75) is 59.5 Å². The third-order valence-corrected chi connectivity index (χ3v) is 1.51. The van der Waals surface area contributed by atoms with Gasteiger partial charge in [-0.05, 0) is 34.6 Å². The van der Waals surface area contributed by atoms with Crippen molar-refractivity contribution in [2.24, 2.45) is 0 Å². The second-order valence-electron chi connectivity index (χ2n) is 4.60. The van der Waals surface area contributed by atoms with Crippen LogP contribution in [0.15, 0.2) is 0 Å².